The maximum absolute atomic E-state index is 12.7. The first kappa shape index (κ1) is 24.7. The first-order valence-corrected chi connectivity index (χ1v) is 11.6. The molecular formula is C27H34N2O4. The number of carbonyl (C=O) groups excluding carboxylic acids is 2. The average molecular weight is 451 g/mol. The highest BCUT2D eigenvalue weighted by atomic mass is 16.5. The van der Waals surface area contributed by atoms with Crippen LogP contribution in [0.3, 0.4) is 0 Å². The summed E-state index contributed by atoms with van der Waals surface area (Å²) in [5, 5.41) is 9.36. The second-order valence-corrected chi connectivity index (χ2v) is 8.41. The number of nitrogens with zero attached hydrogens (tertiary/aromatic N) is 2. The minimum atomic E-state index is -0.155. The van der Waals surface area contributed by atoms with Gasteiger partial charge in [0.25, 0.3) is 0 Å². The number of aliphatic hydroxyl groups is 1. The molecule has 176 valence electrons. The molecule has 6 nitrogen and oxygen atoms in total. The summed E-state index contributed by atoms with van der Waals surface area (Å²) in [7, 11) is 1.68. The summed E-state index contributed by atoms with van der Waals surface area (Å²) in [6.07, 6.45) is 5.52. The van der Waals surface area contributed by atoms with Crippen molar-refractivity contribution in [1.82, 2.24) is 4.90 Å². The highest BCUT2D eigenvalue weighted by Crippen LogP contribution is 2.29. The Bertz CT molecular complexity index is 927. The molecule has 0 unspecified atom stereocenters. The second-order valence-electron chi connectivity index (χ2n) is 8.41. The van der Waals surface area contributed by atoms with Crippen LogP contribution in [0.4, 0.5) is 5.69 Å². The van der Waals surface area contributed by atoms with Gasteiger partial charge in [-0.15, -0.1) is 0 Å². The number of carbonyl (C=O) groups is 2. The molecule has 3 rings (SSSR count). The van der Waals surface area contributed by atoms with Crippen LogP contribution in [0, 0.1) is 5.92 Å². The number of ether oxygens (including phenoxy) is 1. The topological polar surface area (TPSA) is 70.1 Å². The van der Waals surface area contributed by atoms with Crippen LogP contribution in [-0.4, -0.2) is 48.6 Å². The molecule has 2 amide bonds. The smallest absolute Gasteiger partial charge is 0.227 e. The monoisotopic (exact) mass is 450 g/mol. The molecule has 2 aromatic rings. The summed E-state index contributed by atoms with van der Waals surface area (Å²) >= 11 is 0. The van der Waals surface area contributed by atoms with E-state index in [9.17, 15) is 14.7 Å². The Labute approximate surface area is 196 Å². The van der Waals surface area contributed by atoms with Gasteiger partial charge in [0, 0.05) is 51.2 Å². The molecular weight excluding hydrogens is 416 g/mol. The molecule has 1 aliphatic rings. The molecule has 6 heteroatoms. The largest absolute Gasteiger partial charge is 0.395 e. The SMILES string of the molecule is CO[C@@H](c1ccc(N2CCCC2=O)cc1)[C@@H](C)/C=C/CC(=O)N(CCO)Cc1ccccc1. The van der Waals surface area contributed by atoms with E-state index in [4.69, 9.17) is 4.74 Å². The lowest BCUT2D eigenvalue weighted by Gasteiger charge is -2.23. The molecule has 0 bridgehead atoms. The van der Waals surface area contributed by atoms with Gasteiger partial charge >= 0.3 is 0 Å². The maximum atomic E-state index is 12.7. The lowest BCUT2D eigenvalue weighted by Crippen LogP contribution is -2.32. The van der Waals surface area contributed by atoms with Gasteiger partial charge in [0.2, 0.25) is 11.8 Å². The number of benzene rings is 2. The van der Waals surface area contributed by atoms with Crippen molar-refractivity contribution in [2.75, 3.05) is 31.7 Å². The normalized spacial score (nSPS) is 15.7. The predicted octanol–water partition coefficient (Wildman–Crippen LogP) is 4.10. The third kappa shape index (κ3) is 6.76. The fourth-order valence-corrected chi connectivity index (χ4v) is 4.25. The van der Waals surface area contributed by atoms with E-state index in [0.29, 0.717) is 19.5 Å². The lowest BCUT2D eigenvalue weighted by atomic mass is 9.96. The van der Waals surface area contributed by atoms with Gasteiger partial charge in [-0.2, -0.15) is 0 Å². The first-order chi connectivity index (χ1) is 16.0. The summed E-state index contributed by atoms with van der Waals surface area (Å²) in [6, 6.07) is 17.7. The van der Waals surface area contributed by atoms with E-state index in [1.807, 2.05) is 71.6 Å². The third-order valence-electron chi connectivity index (χ3n) is 6.01. The highest BCUT2D eigenvalue weighted by Gasteiger charge is 2.23. The van der Waals surface area contributed by atoms with Gasteiger partial charge < -0.3 is 19.6 Å². The summed E-state index contributed by atoms with van der Waals surface area (Å²) in [6.45, 7) is 3.56. The Balaban J connectivity index is 1.58. The molecule has 1 saturated heterocycles. The number of hydrogen-bond donors (Lipinski definition) is 1. The van der Waals surface area contributed by atoms with Crippen molar-refractivity contribution in [3.05, 3.63) is 77.9 Å². The number of aliphatic hydroxyl groups excluding tert-OH is 1. The average Bonchev–Trinajstić information content (AvgIpc) is 3.26. The molecule has 0 aliphatic carbocycles. The van der Waals surface area contributed by atoms with Gasteiger partial charge in [0.15, 0.2) is 0 Å². The van der Waals surface area contributed by atoms with E-state index in [0.717, 1.165) is 29.8 Å². The predicted molar refractivity (Wildman–Crippen MR) is 130 cm³/mol. The Morgan fingerprint density at radius 1 is 1.18 bits per heavy atom. The van der Waals surface area contributed by atoms with E-state index in [-0.39, 0.29) is 36.9 Å². The molecule has 0 spiro atoms. The minimum absolute atomic E-state index is 0.0232. The van der Waals surface area contributed by atoms with Gasteiger partial charge in [0.1, 0.15) is 0 Å². The first-order valence-electron chi connectivity index (χ1n) is 11.6. The molecule has 0 radical (unpaired) electrons. The highest BCUT2D eigenvalue weighted by molar-refractivity contribution is 5.95. The van der Waals surface area contributed by atoms with Crippen LogP contribution in [-0.2, 0) is 20.9 Å². The number of rotatable bonds is 11. The quantitative estimate of drug-likeness (QED) is 0.523. The van der Waals surface area contributed by atoms with Crippen molar-refractivity contribution in [3.8, 4) is 0 Å². The summed E-state index contributed by atoms with van der Waals surface area (Å²) in [5.74, 6) is 0.210. The van der Waals surface area contributed by atoms with Gasteiger partial charge in [-0.05, 0) is 29.7 Å². The fraction of sp³-hybridized carbons (Fsp3) is 0.407. The zero-order chi connectivity index (χ0) is 23.6. The van der Waals surface area contributed by atoms with E-state index in [2.05, 4.69) is 6.92 Å². The molecule has 33 heavy (non-hydrogen) atoms. The van der Waals surface area contributed by atoms with Crippen molar-refractivity contribution in [2.45, 2.75) is 38.8 Å². The van der Waals surface area contributed by atoms with Gasteiger partial charge in [-0.1, -0.05) is 61.5 Å². The van der Waals surface area contributed by atoms with Gasteiger partial charge in [-0.25, -0.2) is 0 Å². The molecule has 1 heterocycles. The van der Waals surface area contributed by atoms with Crippen molar-refractivity contribution < 1.29 is 19.4 Å². The van der Waals surface area contributed by atoms with Crippen LogP contribution in [0.5, 0.6) is 0 Å². The maximum Gasteiger partial charge on any atom is 0.227 e. The summed E-state index contributed by atoms with van der Waals surface area (Å²) < 4.78 is 5.75. The zero-order valence-corrected chi connectivity index (χ0v) is 19.5. The Kier molecular flexibility index (Phi) is 9.22. The van der Waals surface area contributed by atoms with Crippen molar-refractivity contribution in [3.63, 3.8) is 0 Å². The molecule has 1 aliphatic heterocycles. The van der Waals surface area contributed by atoms with Crippen LogP contribution < -0.4 is 4.90 Å². The standard InChI is InChI=1S/C27H34N2O4/c1-21(8-6-11-25(31)28(18-19-30)20-22-9-4-3-5-10-22)27(33-2)23-13-15-24(16-14-23)29-17-7-12-26(29)32/h3-6,8-10,13-16,21,27,30H,7,11-12,17-20H2,1-2H3/b8-6+/t21-,27+/m0/s1. The molecule has 1 fully saturated rings. The molecule has 0 saturated carbocycles. The van der Waals surface area contributed by atoms with E-state index in [1.54, 1.807) is 12.0 Å². The Morgan fingerprint density at radius 2 is 1.91 bits per heavy atom. The van der Waals surface area contributed by atoms with E-state index >= 15 is 0 Å². The van der Waals surface area contributed by atoms with Crippen molar-refractivity contribution in [1.29, 1.82) is 0 Å². The lowest BCUT2D eigenvalue weighted by molar-refractivity contribution is -0.131. The number of amides is 2. The zero-order valence-electron chi connectivity index (χ0n) is 19.5. The van der Waals surface area contributed by atoms with Crippen molar-refractivity contribution >= 4 is 17.5 Å². The Morgan fingerprint density at radius 3 is 2.52 bits per heavy atom. The van der Waals surface area contributed by atoms with Crippen molar-refractivity contribution in [2.24, 2.45) is 5.92 Å². The Hall–Kier alpha value is -2.96. The van der Waals surface area contributed by atoms with Gasteiger partial charge in [0.05, 0.1) is 12.7 Å². The fourth-order valence-electron chi connectivity index (χ4n) is 4.25. The van der Waals surface area contributed by atoms with Crippen LogP contribution in [0.25, 0.3) is 0 Å². The second kappa shape index (κ2) is 12.3. The van der Waals surface area contributed by atoms with E-state index < -0.39 is 0 Å². The van der Waals surface area contributed by atoms with E-state index in [1.165, 1.54) is 0 Å². The molecule has 2 atom stereocenters. The molecule has 0 aromatic heterocycles. The summed E-state index contributed by atoms with van der Waals surface area (Å²) in [4.78, 5) is 28.2. The van der Waals surface area contributed by atoms with Gasteiger partial charge in [-0.3, -0.25) is 9.59 Å². The van der Waals surface area contributed by atoms with Crippen LogP contribution in [0.1, 0.15) is 43.4 Å². The minimum Gasteiger partial charge on any atom is -0.395 e. The third-order valence-corrected chi connectivity index (χ3v) is 6.01. The number of anilines is 1. The van der Waals surface area contributed by atoms with Crippen LogP contribution >= 0.6 is 0 Å². The van der Waals surface area contributed by atoms with Crippen LogP contribution in [0.15, 0.2) is 66.7 Å². The number of methoxy groups -OCH3 is 1. The number of hydrogen-bond acceptors (Lipinski definition) is 4. The van der Waals surface area contributed by atoms with Crippen LogP contribution in [0.2, 0.25) is 0 Å². The summed E-state index contributed by atoms with van der Waals surface area (Å²) in [5.41, 5.74) is 2.99. The molecule has 1 N–H and O–H groups in total. The molecule has 2 aromatic carbocycles.